The minimum absolute atomic E-state index is 0.691. The lowest BCUT2D eigenvalue weighted by Gasteiger charge is -2.10. The maximum Gasteiger partial charge on any atom is 0.124 e. The summed E-state index contributed by atoms with van der Waals surface area (Å²) in [5.74, 6) is 0.941. The second-order valence-electron chi connectivity index (χ2n) is 3.75. The van der Waals surface area contributed by atoms with Gasteiger partial charge in [-0.3, -0.25) is 0 Å². The summed E-state index contributed by atoms with van der Waals surface area (Å²) < 4.78 is 5.56. The number of aromatic nitrogens is 1. The van der Waals surface area contributed by atoms with E-state index in [0.29, 0.717) is 6.61 Å². The van der Waals surface area contributed by atoms with Crippen molar-refractivity contribution in [3.63, 3.8) is 0 Å². The Bertz CT molecular complexity index is 468. The monoisotopic (exact) mass is 248 g/mol. The molecule has 0 saturated carbocycles. The first-order valence-electron chi connectivity index (χ1n) is 5.64. The van der Waals surface area contributed by atoms with Gasteiger partial charge >= 0.3 is 0 Å². The summed E-state index contributed by atoms with van der Waals surface area (Å²) >= 11 is 1.61. The Morgan fingerprint density at radius 3 is 3.00 bits per heavy atom. The fourth-order valence-electron chi connectivity index (χ4n) is 1.54. The number of ether oxygens (including phenoxy) is 1. The second kappa shape index (κ2) is 5.68. The van der Waals surface area contributed by atoms with E-state index in [9.17, 15) is 0 Å². The van der Waals surface area contributed by atoms with Crippen LogP contribution in [0, 0.1) is 6.92 Å². The topological polar surface area (TPSA) is 34.1 Å². The van der Waals surface area contributed by atoms with E-state index in [0.717, 1.165) is 29.2 Å². The van der Waals surface area contributed by atoms with Gasteiger partial charge in [0.25, 0.3) is 0 Å². The van der Waals surface area contributed by atoms with Crippen molar-refractivity contribution in [1.82, 2.24) is 4.98 Å². The lowest BCUT2D eigenvalue weighted by Crippen LogP contribution is -2.01. The lowest BCUT2D eigenvalue weighted by atomic mass is 10.2. The Morgan fingerprint density at radius 2 is 2.29 bits per heavy atom. The predicted molar refractivity (Wildman–Crippen MR) is 71.8 cm³/mol. The molecule has 2 aromatic rings. The Labute approximate surface area is 105 Å². The van der Waals surface area contributed by atoms with Gasteiger partial charge in [-0.05, 0) is 25.5 Å². The third kappa shape index (κ3) is 3.20. The van der Waals surface area contributed by atoms with E-state index in [1.807, 2.05) is 23.9 Å². The van der Waals surface area contributed by atoms with Crippen molar-refractivity contribution < 1.29 is 4.74 Å². The number of nitrogens with zero attached hydrogens (tertiary/aromatic N) is 1. The van der Waals surface area contributed by atoms with E-state index < -0.39 is 0 Å². The van der Waals surface area contributed by atoms with E-state index in [1.54, 1.807) is 11.3 Å². The summed E-state index contributed by atoms with van der Waals surface area (Å²) in [5, 5.41) is 5.38. The minimum Gasteiger partial charge on any atom is -0.494 e. The number of thiazole rings is 1. The quantitative estimate of drug-likeness (QED) is 0.879. The average Bonchev–Trinajstić information content (AvgIpc) is 2.83. The van der Waals surface area contributed by atoms with E-state index >= 15 is 0 Å². The summed E-state index contributed by atoms with van der Waals surface area (Å²) in [4.78, 5) is 4.23. The largest absolute Gasteiger partial charge is 0.494 e. The molecule has 0 radical (unpaired) electrons. The molecule has 0 atom stereocenters. The smallest absolute Gasteiger partial charge is 0.124 e. The molecule has 1 aromatic heterocycles. The highest BCUT2D eigenvalue weighted by molar-refractivity contribution is 7.07. The summed E-state index contributed by atoms with van der Waals surface area (Å²) in [7, 11) is 0. The summed E-state index contributed by atoms with van der Waals surface area (Å²) in [6.07, 6.45) is 0. The Balaban J connectivity index is 2.03. The molecule has 0 saturated heterocycles. The van der Waals surface area contributed by atoms with Gasteiger partial charge in [0, 0.05) is 17.1 Å². The molecule has 0 spiro atoms. The zero-order valence-corrected chi connectivity index (χ0v) is 10.9. The lowest BCUT2D eigenvalue weighted by molar-refractivity contribution is 0.338. The van der Waals surface area contributed by atoms with Gasteiger partial charge in [-0.15, -0.1) is 11.3 Å². The normalized spacial score (nSPS) is 10.2. The molecule has 90 valence electrons. The maximum absolute atomic E-state index is 5.56. The van der Waals surface area contributed by atoms with Gasteiger partial charge < -0.3 is 10.1 Å². The maximum atomic E-state index is 5.56. The second-order valence-corrected chi connectivity index (χ2v) is 4.47. The summed E-state index contributed by atoms with van der Waals surface area (Å²) in [5.41, 5.74) is 5.13. The molecule has 0 amide bonds. The molecule has 1 aromatic carbocycles. The molecule has 0 unspecified atom stereocenters. The van der Waals surface area contributed by atoms with Crippen molar-refractivity contribution in [2.75, 3.05) is 11.9 Å². The van der Waals surface area contributed by atoms with Crippen LogP contribution in [0.25, 0.3) is 0 Å². The molecule has 0 aliphatic rings. The van der Waals surface area contributed by atoms with Gasteiger partial charge in [-0.1, -0.05) is 6.07 Å². The number of anilines is 1. The molecule has 2 rings (SSSR count). The van der Waals surface area contributed by atoms with Crippen LogP contribution in [0.4, 0.5) is 5.69 Å². The number of nitrogens with one attached hydrogen (secondary N) is 1. The van der Waals surface area contributed by atoms with Crippen LogP contribution >= 0.6 is 11.3 Å². The summed E-state index contributed by atoms with van der Waals surface area (Å²) in [6, 6.07) is 6.16. The van der Waals surface area contributed by atoms with Crippen LogP contribution in [0.15, 0.2) is 29.1 Å². The van der Waals surface area contributed by atoms with Crippen LogP contribution in [-0.4, -0.2) is 11.6 Å². The van der Waals surface area contributed by atoms with Crippen LogP contribution in [0.2, 0.25) is 0 Å². The van der Waals surface area contributed by atoms with Crippen molar-refractivity contribution >= 4 is 17.0 Å². The molecule has 1 N–H and O–H groups in total. The molecule has 1 heterocycles. The zero-order valence-electron chi connectivity index (χ0n) is 10.1. The van der Waals surface area contributed by atoms with E-state index in [1.165, 1.54) is 0 Å². The standard InChI is InChI=1S/C13H16N2OS/c1-3-16-13-6-11(5-4-10(13)2)14-7-12-8-17-9-15-12/h4-6,8-9,14H,3,7H2,1-2H3. The molecule has 0 aliphatic heterocycles. The third-order valence-electron chi connectivity index (χ3n) is 2.45. The molecular formula is C13H16N2OS. The number of aryl methyl sites for hydroxylation is 1. The van der Waals surface area contributed by atoms with E-state index in [-0.39, 0.29) is 0 Å². The third-order valence-corrected chi connectivity index (χ3v) is 3.08. The van der Waals surface area contributed by atoms with Gasteiger partial charge in [0.1, 0.15) is 5.75 Å². The van der Waals surface area contributed by atoms with Crippen LogP contribution in [0.1, 0.15) is 18.2 Å². The molecule has 3 nitrogen and oxygen atoms in total. The first kappa shape index (κ1) is 11.9. The van der Waals surface area contributed by atoms with Crippen molar-refractivity contribution in [3.8, 4) is 5.75 Å². The zero-order chi connectivity index (χ0) is 12.1. The number of hydrogen-bond donors (Lipinski definition) is 1. The van der Waals surface area contributed by atoms with Gasteiger partial charge in [-0.2, -0.15) is 0 Å². The molecule has 17 heavy (non-hydrogen) atoms. The van der Waals surface area contributed by atoms with Crippen LogP contribution < -0.4 is 10.1 Å². The van der Waals surface area contributed by atoms with Crippen LogP contribution in [0.5, 0.6) is 5.75 Å². The highest BCUT2D eigenvalue weighted by Gasteiger charge is 2.01. The minimum atomic E-state index is 0.691. The highest BCUT2D eigenvalue weighted by atomic mass is 32.1. The number of rotatable bonds is 5. The molecule has 4 heteroatoms. The van der Waals surface area contributed by atoms with Gasteiger partial charge in [-0.25, -0.2) is 4.98 Å². The highest BCUT2D eigenvalue weighted by Crippen LogP contribution is 2.23. The van der Waals surface area contributed by atoms with Crippen molar-refractivity contribution in [3.05, 3.63) is 40.3 Å². The van der Waals surface area contributed by atoms with E-state index in [2.05, 4.69) is 29.4 Å². The van der Waals surface area contributed by atoms with Crippen molar-refractivity contribution in [2.24, 2.45) is 0 Å². The average molecular weight is 248 g/mol. The number of hydrogen-bond acceptors (Lipinski definition) is 4. The van der Waals surface area contributed by atoms with Crippen molar-refractivity contribution in [2.45, 2.75) is 20.4 Å². The Kier molecular flexibility index (Phi) is 3.98. The number of benzene rings is 1. The van der Waals surface area contributed by atoms with Gasteiger partial charge in [0.05, 0.1) is 24.4 Å². The van der Waals surface area contributed by atoms with Gasteiger partial charge in [0.2, 0.25) is 0 Å². The fraction of sp³-hybridized carbons (Fsp3) is 0.308. The first-order chi connectivity index (χ1) is 8.29. The van der Waals surface area contributed by atoms with Gasteiger partial charge in [0.15, 0.2) is 0 Å². The van der Waals surface area contributed by atoms with Crippen LogP contribution in [0.3, 0.4) is 0 Å². The predicted octanol–water partition coefficient (Wildman–Crippen LogP) is 3.46. The molecule has 0 fully saturated rings. The molecular weight excluding hydrogens is 232 g/mol. The first-order valence-corrected chi connectivity index (χ1v) is 6.58. The molecule has 0 aliphatic carbocycles. The summed E-state index contributed by atoms with van der Waals surface area (Å²) in [6.45, 7) is 5.48. The Morgan fingerprint density at radius 1 is 1.41 bits per heavy atom. The fourth-order valence-corrected chi connectivity index (χ4v) is 2.10. The molecule has 0 bridgehead atoms. The van der Waals surface area contributed by atoms with Crippen LogP contribution in [-0.2, 0) is 6.54 Å². The van der Waals surface area contributed by atoms with E-state index in [4.69, 9.17) is 4.74 Å². The SMILES string of the molecule is CCOc1cc(NCc2cscn2)ccc1C. The Hall–Kier alpha value is -1.55. The van der Waals surface area contributed by atoms with Crippen molar-refractivity contribution in [1.29, 1.82) is 0 Å².